The van der Waals surface area contributed by atoms with Crippen LogP contribution in [0.5, 0.6) is 0 Å². The van der Waals surface area contributed by atoms with E-state index in [1.54, 1.807) is 7.11 Å². The highest BCUT2D eigenvalue weighted by atomic mass is 16.5. The minimum absolute atomic E-state index is 0.571. The molecule has 100 valence electrons. The van der Waals surface area contributed by atoms with Gasteiger partial charge in [-0.1, -0.05) is 6.07 Å². The van der Waals surface area contributed by atoms with E-state index in [1.165, 1.54) is 16.7 Å². The number of nitrogens with one attached hydrogen (secondary N) is 1. The maximum Gasteiger partial charge on any atom is 0.133 e. The minimum atomic E-state index is 0.571. The fourth-order valence-corrected chi connectivity index (χ4v) is 2.54. The summed E-state index contributed by atoms with van der Waals surface area (Å²) >= 11 is 0. The number of benzene rings is 1. The number of nitrogens with zero attached hydrogens (tertiary/aromatic N) is 2. The van der Waals surface area contributed by atoms with Crippen LogP contribution in [0.2, 0.25) is 0 Å². The number of ether oxygens (including phenoxy) is 1. The van der Waals surface area contributed by atoms with Crippen LogP contribution in [0.25, 0.3) is 5.69 Å². The Morgan fingerprint density at radius 1 is 1.32 bits per heavy atom. The zero-order chi connectivity index (χ0) is 13.4. The Morgan fingerprint density at radius 2 is 2.16 bits per heavy atom. The van der Waals surface area contributed by atoms with Gasteiger partial charge in [-0.15, -0.1) is 0 Å². The second-order valence-corrected chi connectivity index (χ2v) is 5.06. The van der Waals surface area contributed by atoms with Crippen LogP contribution in [-0.4, -0.2) is 23.4 Å². The van der Waals surface area contributed by atoms with Gasteiger partial charge >= 0.3 is 0 Å². The van der Waals surface area contributed by atoms with Crippen molar-refractivity contribution in [1.29, 1.82) is 0 Å². The summed E-state index contributed by atoms with van der Waals surface area (Å²) in [6, 6.07) is 6.44. The first-order chi connectivity index (χ1) is 9.20. The Kier molecular flexibility index (Phi) is 3.03. The maximum atomic E-state index is 5.24. The first-order valence-electron chi connectivity index (χ1n) is 6.62. The lowest BCUT2D eigenvalue weighted by atomic mass is 10.1. The van der Waals surface area contributed by atoms with Crippen LogP contribution in [0.1, 0.15) is 22.4 Å². The van der Waals surface area contributed by atoms with E-state index >= 15 is 0 Å². The summed E-state index contributed by atoms with van der Waals surface area (Å²) in [6.07, 6.45) is 1.03. The topological polar surface area (TPSA) is 39.1 Å². The molecule has 3 rings (SSSR count). The summed E-state index contributed by atoms with van der Waals surface area (Å²) in [5.74, 6) is 1.12. The van der Waals surface area contributed by atoms with E-state index in [2.05, 4.69) is 37.4 Å². The molecule has 1 aliphatic heterocycles. The molecule has 0 amide bonds. The Labute approximate surface area is 113 Å². The number of fused-ring (bicyclic) bond motifs is 1. The second-order valence-electron chi connectivity index (χ2n) is 5.06. The third kappa shape index (κ3) is 2.02. The van der Waals surface area contributed by atoms with Gasteiger partial charge in [0.15, 0.2) is 0 Å². The standard InChI is InChI=1S/C15H19N3O/c1-10-4-5-12(8-11(10)2)18-15-13(6-7-16-15)14(17-18)9-19-3/h4-5,8,16H,6-7,9H2,1-3H3. The molecule has 0 aliphatic carbocycles. The molecule has 0 bridgehead atoms. The van der Waals surface area contributed by atoms with Crippen molar-refractivity contribution in [2.45, 2.75) is 26.9 Å². The smallest absolute Gasteiger partial charge is 0.133 e. The van der Waals surface area contributed by atoms with Crippen molar-refractivity contribution in [3.63, 3.8) is 0 Å². The van der Waals surface area contributed by atoms with Crippen molar-refractivity contribution in [2.24, 2.45) is 0 Å². The molecule has 19 heavy (non-hydrogen) atoms. The molecule has 2 aromatic rings. The molecular formula is C15H19N3O. The highest BCUT2D eigenvalue weighted by Crippen LogP contribution is 2.29. The Balaban J connectivity index is 2.09. The molecule has 0 saturated carbocycles. The first-order valence-corrected chi connectivity index (χ1v) is 6.62. The average Bonchev–Trinajstić information content (AvgIpc) is 2.97. The summed E-state index contributed by atoms with van der Waals surface area (Å²) in [7, 11) is 1.71. The van der Waals surface area contributed by atoms with Gasteiger partial charge in [0.2, 0.25) is 0 Å². The number of anilines is 1. The molecular weight excluding hydrogens is 238 g/mol. The van der Waals surface area contributed by atoms with Gasteiger partial charge in [-0.3, -0.25) is 0 Å². The molecule has 4 heteroatoms. The van der Waals surface area contributed by atoms with Gasteiger partial charge in [-0.05, 0) is 43.5 Å². The van der Waals surface area contributed by atoms with Crippen molar-refractivity contribution in [2.75, 3.05) is 19.0 Å². The molecule has 1 aliphatic rings. The Bertz CT molecular complexity index is 616. The monoisotopic (exact) mass is 257 g/mol. The molecule has 2 heterocycles. The summed E-state index contributed by atoms with van der Waals surface area (Å²) < 4.78 is 7.24. The highest BCUT2D eigenvalue weighted by molar-refractivity contribution is 5.57. The molecule has 1 N–H and O–H groups in total. The lowest BCUT2D eigenvalue weighted by Gasteiger charge is -2.08. The summed E-state index contributed by atoms with van der Waals surface area (Å²) in [5, 5.41) is 8.12. The van der Waals surface area contributed by atoms with Crippen molar-refractivity contribution >= 4 is 5.82 Å². The minimum Gasteiger partial charge on any atom is -0.378 e. The average molecular weight is 257 g/mol. The van der Waals surface area contributed by atoms with Crippen molar-refractivity contribution in [1.82, 2.24) is 9.78 Å². The van der Waals surface area contributed by atoms with Crippen LogP contribution in [0.15, 0.2) is 18.2 Å². The molecule has 0 fully saturated rings. The van der Waals surface area contributed by atoms with Crippen molar-refractivity contribution in [3.05, 3.63) is 40.6 Å². The number of methoxy groups -OCH3 is 1. The zero-order valence-corrected chi connectivity index (χ0v) is 11.7. The van der Waals surface area contributed by atoms with Crippen molar-refractivity contribution in [3.8, 4) is 5.69 Å². The van der Waals surface area contributed by atoms with Crippen LogP contribution in [-0.2, 0) is 17.8 Å². The van der Waals surface area contributed by atoms with E-state index < -0.39 is 0 Å². The van der Waals surface area contributed by atoms with E-state index in [0.29, 0.717) is 6.61 Å². The fourth-order valence-electron chi connectivity index (χ4n) is 2.54. The third-order valence-electron chi connectivity index (χ3n) is 3.75. The molecule has 0 unspecified atom stereocenters. The molecule has 1 aromatic heterocycles. The SMILES string of the molecule is COCc1nn(-c2ccc(C)c(C)c2)c2c1CCN2. The van der Waals surface area contributed by atoms with Gasteiger partial charge in [0.05, 0.1) is 18.0 Å². The van der Waals surface area contributed by atoms with Gasteiger partial charge in [0.1, 0.15) is 5.82 Å². The van der Waals surface area contributed by atoms with Gasteiger partial charge in [-0.2, -0.15) is 5.10 Å². The lowest BCUT2D eigenvalue weighted by molar-refractivity contribution is 0.180. The predicted octanol–water partition coefficient (Wildman–Crippen LogP) is 2.60. The maximum absolute atomic E-state index is 5.24. The van der Waals surface area contributed by atoms with Gasteiger partial charge in [0.25, 0.3) is 0 Å². The number of rotatable bonds is 3. The van der Waals surface area contributed by atoms with Crippen LogP contribution in [0, 0.1) is 13.8 Å². The van der Waals surface area contributed by atoms with Crippen LogP contribution < -0.4 is 5.32 Å². The summed E-state index contributed by atoms with van der Waals surface area (Å²) in [4.78, 5) is 0. The number of aromatic nitrogens is 2. The van der Waals surface area contributed by atoms with Gasteiger partial charge < -0.3 is 10.1 Å². The molecule has 0 radical (unpaired) electrons. The third-order valence-corrected chi connectivity index (χ3v) is 3.75. The normalized spacial score (nSPS) is 13.4. The highest BCUT2D eigenvalue weighted by Gasteiger charge is 2.22. The van der Waals surface area contributed by atoms with Gasteiger partial charge in [-0.25, -0.2) is 4.68 Å². The summed E-state index contributed by atoms with van der Waals surface area (Å²) in [5.41, 5.74) is 6.03. The second kappa shape index (κ2) is 4.70. The molecule has 1 aromatic carbocycles. The van der Waals surface area contributed by atoms with E-state index in [9.17, 15) is 0 Å². The van der Waals surface area contributed by atoms with Crippen LogP contribution in [0.4, 0.5) is 5.82 Å². The zero-order valence-electron chi connectivity index (χ0n) is 11.7. The number of hydrogen-bond acceptors (Lipinski definition) is 3. The van der Waals surface area contributed by atoms with Crippen molar-refractivity contribution < 1.29 is 4.74 Å². The van der Waals surface area contributed by atoms with E-state index in [-0.39, 0.29) is 0 Å². The number of aryl methyl sites for hydroxylation is 2. The predicted molar refractivity (Wildman–Crippen MR) is 75.9 cm³/mol. The Morgan fingerprint density at radius 3 is 2.89 bits per heavy atom. The van der Waals surface area contributed by atoms with Crippen LogP contribution in [0.3, 0.4) is 0 Å². The lowest BCUT2D eigenvalue weighted by Crippen LogP contribution is -2.05. The molecule has 0 spiro atoms. The fraction of sp³-hybridized carbons (Fsp3) is 0.400. The van der Waals surface area contributed by atoms with E-state index in [1.807, 2.05) is 4.68 Å². The van der Waals surface area contributed by atoms with Crippen LogP contribution >= 0.6 is 0 Å². The number of hydrogen-bond donors (Lipinski definition) is 1. The summed E-state index contributed by atoms with van der Waals surface area (Å²) in [6.45, 7) is 5.81. The quantitative estimate of drug-likeness (QED) is 0.918. The molecule has 0 saturated heterocycles. The Hall–Kier alpha value is -1.81. The molecule has 4 nitrogen and oxygen atoms in total. The van der Waals surface area contributed by atoms with E-state index in [0.717, 1.165) is 30.2 Å². The largest absolute Gasteiger partial charge is 0.378 e. The van der Waals surface area contributed by atoms with Gasteiger partial charge in [0, 0.05) is 19.2 Å². The first kappa shape index (κ1) is 12.2. The van der Waals surface area contributed by atoms with E-state index in [4.69, 9.17) is 9.84 Å². The molecule has 0 atom stereocenters.